The van der Waals surface area contributed by atoms with Gasteiger partial charge in [0.05, 0.1) is 30.8 Å². The van der Waals surface area contributed by atoms with Crippen molar-refractivity contribution in [3.63, 3.8) is 0 Å². The molecule has 2 rings (SSSR count). The first kappa shape index (κ1) is 10.4. The zero-order valence-corrected chi connectivity index (χ0v) is 9.34. The van der Waals surface area contributed by atoms with Gasteiger partial charge in [0, 0.05) is 7.05 Å². The molecule has 0 aliphatic heterocycles. The molecule has 0 atom stereocenters. The summed E-state index contributed by atoms with van der Waals surface area (Å²) in [5.41, 5.74) is 1.22. The van der Waals surface area contributed by atoms with E-state index in [1.807, 2.05) is 0 Å². The summed E-state index contributed by atoms with van der Waals surface area (Å²) in [5.74, 6) is 1.27. The number of hydrogen-bond acceptors (Lipinski definition) is 4. The van der Waals surface area contributed by atoms with Gasteiger partial charge in [-0.2, -0.15) is 10.2 Å². The summed E-state index contributed by atoms with van der Waals surface area (Å²) in [7, 11) is 3.33. The van der Waals surface area contributed by atoms with E-state index in [0.29, 0.717) is 22.8 Å². The molecule has 0 unspecified atom stereocenters. The Hall–Kier alpha value is -2.11. The number of rotatable bonds is 3. The minimum atomic E-state index is 0.535. The van der Waals surface area contributed by atoms with Gasteiger partial charge in [0.25, 0.3) is 0 Å². The first-order chi connectivity index (χ1) is 7.67. The normalized spacial score (nSPS) is 10.4. The molecular formula is C10H12N4O2. The molecule has 84 valence electrons. The topological polar surface area (TPSA) is 61.9 Å². The van der Waals surface area contributed by atoms with Gasteiger partial charge in [-0.05, 0) is 6.92 Å². The minimum Gasteiger partial charge on any atom is -0.493 e. The monoisotopic (exact) mass is 220 g/mol. The Labute approximate surface area is 92.4 Å². The van der Waals surface area contributed by atoms with E-state index >= 15 is 0 Å². The van der Waals surface area contributed by atoms with E-state index in [-0.39, 0.29) is 0 Å². The number of nitrogens with zero attached hydrogens (tertiary/aromatic N) is 4. The van der Waals surface area contributed by atoms with Crippen molar-refractivity contribution in [1.82, 2.24) is 19.6 Å². The molecule has 2 heterocycles. The molecule has 0 fully saturated rings. The van der Waals surface area contributed by atoms with Crippen molar-refractivity contribution in [2.24, 2.45) is 7.05 Å². The molecule has 0 spiro atoms. The van der Waals surface area contributed by atoms with Gasteiger partial charge >= 0.3 is 0 Å². The molecule has 0 amide bonds. The predicted octanol–water partition coefficient (Wildman–Crippen LogP) is 0.735. The van der Waals surface area contributed by atoms with Crippen LogP contribution in [0.25, 0.3) is 5.82 Å². The molecule has 16 heavy (non-hydrogen) atoms. The molecule has 6 nitrogen and oxygen atoms in total. The summed E-state index contributed by atoms with van der Waals surface area (Å²) in [4.78, 5) is 11.0. The molecule has 0 N–H and O–H groups in total. The Balaban J connectivity index is 2.58. The number of aldehydes is 1. The van der Waals surface area contributed by atoms with E-state index in [1.54, 1.807) is 42.8 Å². The van der Waals surface area contributed by atoms with Crippen molar-refractivity contribution >= 4 is 6.29 Å². The van der Waals surface area contributed by atoms with Crippen LogP contribution < -0.4 is 4.74 Å². The highest BCUT2D eigenvalue weighted by atomic mass is 16.5. The van der Waals surface area contributed by atoms with Crippen LogP contribution in [0.3, 0.4) is 0 Å². The number of carbonyl (C=O) groups is 1. The lowest BCUT2D eigenvalue weighted by Crippen LogP contribution is -2.05. The van der Waals surface area contributed by atoms with Crippen molar-refractivity contribution in [3.05, 3.63) is 23.7 Å². The van der Waals surface area contributed by atoms with Crippen molar-refractivity contribution in [3.8, 4) is 11.6 Å². The first-order valence-corrected chi connectivity index (χ1v) is 4.75. The lowest BCUT2D eigenvalue weighted by Gasteiger charge is -2.01. The van der Waals surface area contributed by atoms with Crippen LogP contribution in [-0.4, -0.2) is 33.0 Å². The molecule has 0 aliphatic carbocycles. The average Bonchev–Trinajstić information content (AvgIpc) is 2.82. The molecule has 0 bridgehead atoms. The number of methoxy groups -OCH3 is 1. The third-order valence-electron chi connectivity index (χ3n) is 2.37. The Morgan fingerprint density at radius 2 is 2.25 bits per heavy atom. The molecule has 0 aromatic carbocycles. The van der Waals surface area contributed by atoms with Crippen LogP contribution in [0.2, 0.25) is 0 Å². The summed E-state index contributed by atoms with van der Waals surface area (Å²) >= 11 is 0. The zero-order chi connectivity index (χ0) is 11.7. The Kier molecular flexibility index (Phi) is 2.47. The number of aryl methyl sites for hydroxylation is 2. The Morgan fingerprint density at radius 3 is 2.81 bits per heavy atom. The summed E-state index contributed by atoms with van der Waals surface area (Å²) < 4.78 is 8.22. The highest BCUT2D eigenvalue weighted by Gasteiger charge is 2.15. The quantitative estimate of drug-likeness (QED) is 0.715. The lowest BCUT2D eigenvalue weighted by molar-refractivity contribution is 0.112. The van der Waals surface area contributed by atoms with Crippen LogP contribution in [0.15, 0.2) is 12.4 Å². The summed E-state index contributed by atoms with van der Waals surface area (Å²) in [5, 5.41) is 8.29. The standard InChI is InChI=1S/C10H12N4O2/c1-7-9(6-15)10(13(2)12-7)14-5-8(16-3)4-11-14/h4-6H,1-3H3. The lowest BCUT2D eigenvalue weighted by atomic mass is 10.3. The van der Waals surface area contributed by atoms with Crippen molar-refractivity contribution in [1.29, 1.82) is 0 Å². The smallest absolute Gasteiger partial charge is 0.162 e. The van der Waals surface area contributed by atoms with Gasteiger partial charge in [-0.15, -0.1) is 0 Å². The first-order valence-electron chi connectivity index (χ1n) is 4.75. The second-order valence-electron chi connectivity index (χ2n) is 3.39. The van der Waals surface area contributed by atoms with Crippen molar-refractivity contribution < 1.29 is 9.53 Å². The van der Waals surface area contributed by atoms with Gasteiger partial charge in [0.2, 0.25) is 0 Å². The summed E-state index contributed by atoms with van der Waals surface area (Å²) in [6.45, 7) is 1.79. The van der Waals surface area contributed by atoms with Crippen molar-refractivity contribution in [2.45, 2.75) is 6.92 Å². The Bertz CT molecular complexity index is 527. The number of ether oxygens (including phenoxy) is 1. The van der Waals surface area contributed by atoms with Gasteiger partial charge in [0.1, 0.15) is 0 Å². The molecule has 0 saturated carbocycles. The van der Waals surface area contributed by atoms with Gasteiger partial charge in [-0.25, -0.2) is 4.68 Å². The largest absolute Gasteiger partial charge is 0.493 e. The second-order valence-corrected chi connectivity index (χ2v) is 3.39. The fraction of sp³-hybridized carbons (Fsp3) is 0.300. The third-order valence-corrected chi connectivity index (χ3v) is 2.37. The number of hydrogen-bond donors (Lipinski definition) is 0. The molecule has 0 aliphatic rings. The number of aromatic nitrogens is 4. The number of carbonyl (C=O) groups excluding carboxylic acids is 1. The molecular weight excluding hydrogens is 208 g/mol. The van der Waals surface area contributed by atoms with Crippen LogP contribution in [0.1, 0.15) is 16.1 Å². The maximum absolute atomic E-state index is 11.0. The average molecular weight is 220 g/mol. The van der Waals surface area contributed by atoms with Crippen LogP contribution in [0.5, 0.6) is 5.75 Å². The van der Waals surface area contributed by atoms with E-state index in [2.05, 4.69) is 10.2 Å². The Morgan fingerprint density at radius 1 is 1.50 bits per heavy atom. The second kappa shape index (κ2) is 3.80. The van der Waals surface area contributed by atoms with E-state index in [4.69, 9.17) is 4.74 Å². The van der Waals surface area contributed by atoms with Crippen LogP contribution in [0.4, 0.5) is 0 Å². The van der Waals surface area contributed by atoms with Gasteiger partial charge < -0.3 is 4.74 Å². The van der Waals surface area contributed by atoms with Crippen LogP contribution in [-0.2, 0) is 7.05 Å². The van der Waals surface area contributed by atoms with Crippen LogP contribution in [0, 0.1) is 6.92 Å². The van der Waals surface area contributed by atoms with E-state index in [9.17, 15) is 4.79 Å². The molecule has 2 aromatic heterocycles. The fourth-order valence-electron chi connectivity index (χ4n) is 1.60. The minimum absolute atomic E-state index is 0.535. The predicted molar refractivity (Wildman–Crippen MR) is 57.0 cm³/mol. The maximum Gasteiger partial charge on any atom is 0.162 e. The zero-order valence-electron chi connectivity index (χ0n) is 9.34. The van der Waals surface area contributed by atoms with E-state index < -0.39 is 0 Å². The van der Waals surface area contributed by atoms with E-state index in [1.165, 1.54) is 0 Å². The van der Waals surface area contributed by atoms with Gasteiger partial charge in [0.15, 0.2) is 17.9 Å². The molecule has 6 heteroatoms. The SMILES string of the molecule is COc1cnn(-c2c(C=O)c(C)nn2C)c1. The summed E-state index contributed by atoms with van der Waals surface area (Å²) in [6.07, 6.45) is 4.06. The van der Waals surface area contributed by atoms with Gasteiger partial charge in [-0.3, -0.25) is 9.48 Å². The molecule has 0 radical (unpaired) electrons. The fourth-order valence-corrected chi connectivity index (χ4v) is 1.60. The molecule has 2 aromatic rings. The molecule has 0 saturated heterocycles. The van der Waals surface area contributed by atoms with E-state index in [0.717, 1.165) is 6.29 Å². The summed E-state index contributed by atoms with van der Waals surface area (Å²) in [6, 6.07) is 0. The van der Waals surface area contributed by atoms with Crippen LogP contribution >= 0.6 is 0 Å². The van der Waals surface area contributed by atoms with Crippen molar-refractivity contribution in [2.75, 3.05) is 7.11 Å². The van der Waals surface area contributed by atoms with Gasteiger partial charge in [-0.1, -0.05) is 0 Å². The highest BCUT2D eigenvalue weighted by molar-refractivity contribution is 5.81. The third kappa shape index (κ3) is 1.48. The maximum atomic E-state index is 11.0. The highest BCUT2D eigenvalue weighted by Crippen LogP contribution is 2.17.